The van der Waals surface area contributed by atoms with Crippen molar-refractivity contribution in [3.63, 3.8) is 0 Å². The smallest absolute Gasteiger partial charge is 0.242 e. The molecule has 0 atom stereocenters. The lowest BCUT2D eigenvalue weighted by Gasteiger charge is -2.12. The van der Waals surface area contributed by atoms with Crippen LogP contribution in [0.2, 0.25) is 0 Å². The Hall–Kier alpha value is -3.26. The van der Waals surface area contributed by atoms with Gasteiger partial charge in [-0.3, -0.25) is 4.79 Å². The van der Waals surface area contributed by atoms with Crippen molar-refractivity contribution in [2.75, 3.05) is 14.1 Å². The predicted octanol–water partition coefficient (Wildman–Crippen LogP) is 2.43. The molecule has 5 rings (SSSR count). The number of hydrogen-bond acceptors (Lipinski definition) is 9. The van der Waals surface area contributed by atoms with Gasteiger partial charge in [-0.2, -0.15) is 0 Å². The Kier molecular flexibility index (Phi) is 6.11. The fourth-order valence-corrected chi connectivity index (χ4v) is 5.50. The van der Waals surface area contributed by atoms with E-state index in [2.05, 4.69) is 20.5 Å². The summed E-state index contributed by atoms with van der Waals surface area (Å²) in [5.74, 6) is -0.296. The van der Waals surface area contributed by atoms with Crippen molar-refractivity contribution in [2.24, 2.45) is 5.73 Å². The van der Waals surface area contributed by atoms with Crippen LogP contribution in [-0.4, -0.2) is 53.6 Å². The van der Waals surface area contributed by atoms with Crippen LogP contribution in [0.5, 0.6) is 0 Å². The van der Waals surface area contributed by atoms with Gasteiger partial charge in [0.15, 0.2) is 0 Å². The van der Waals surface area contributed by atoms with E-state index < -0.39 is 21.5 Å². The number of sulfonamides is 1. The normalized spacial score (nSPS) is 14.9. The summed E-state index contributed by atoms with van der Waals surface area (Å²) in [6, 6.07) is 9.39. The molecule has 188 valence electrons. The third-order valence-corrected chi connectivity index (χ3v) is 8.68. The van der Waals surface area contributed by atoms with Crippen molar-refractivity contribution in [3.05, 3.63) is 59.0 Å². The molecule has 0 bridgehead atoms. The van der Waals surface area contributed by atoms with E-state index in [0.717, 1.165) is 17.1 Å². The van der Waals surface area contributed by atoms with Crippen molar-refractivity contribution in [3.8, 4) is 11.1 Å². The van der Waals surface area contributed by atoms with E-state index in [1.165, 1.54) is 37.6 Å². The summed E-state index contributed by atoms with van der Waals surface area (Å²) in [7, 11) is -0.667. The second kappa shape index (κ2) is 9.00. The van der Waals surface area contributed by atoms with E-state index in [9.17, 15) is 13.2 Å². The maximum absolute atomic E-state index is 15.4. The quantitative estimate of drug-likeness (QED) is 0.331. The zero-order valence-corrected chi connectivity index (χ0v) is 21.1. The number of nitrogens with zero attached hydrogens (tertiary/aromatic N) is 4. The van der Waals surface area contributed by atoms with Crippen molar-refractivity contribution in [1.82, 2.24) is 24.8 Å². The van der Waals surface area contributed by atoms with Gasteiger partial charge in [0.25, 0.3) is 0 Å². The minimum absolute atomic E-state index is 0.0710. The van der Waals surface area contributed by atoms with Crippen LogP contribution in [0.15, 0.2) is 45.7 Å². The third kappa shape index (κ3) is 4.87. The van der Waals surface area contributed by atoms with Crippen LogP contribution < -0.4 is 11.1 Å². The van der Waals surface area contributed by atoms with Gasteiger partial charge in [-0.25, -0.2) is 22.1 Å². The van der Waals surface area contributed by atoms with E-state index in [-0.39, 0.29) is 35.4 Å². The molecule has 0 aliphatic heterocycles. The van der Waals surface area contributed by atoms with Gasteiger partial charge in [0.05, 0.1) is 27.2 Å². The van der Waals surface area contributed by atoms with E-state index in [1.807, 2.05) is 0 Å². The highest BCUT2D eigenvalue weighted by molar-refractivity contribution is 7.89. The van der Waals surface area contributed by atoms with E-state index in [1.54, 1.807) is 24.3 Å². The summed E-state index contributed by atoms with van der Waals surface area (Å²) in [4.78, 5) is 16.6. The number of nitrogens with one attached hydrogen (secondary N) is 1. The van der Waals surface area contributed by atoms with Crippen molar-refractivity contribution >= 4 is 37.5 Å². The number of nitrogens with two attached hydrogens (primary N) is 1. The zero-order valence-electron chi connectivity index (χ0n) is 19.5. The number of fused-ring (bicyclic) bond motifs is 1. The van der Waals surface area contributed by atoms with Gasteiger partial charge in [-0.1, -0.05) is 12.1 Å². The monoisotopic (exact) mass is 530 g/mol. The molecule has 1 amide bonds. The number of aromatic nitrogens is 3. The minimum atomic E-state index is -3.57. The van der Waals surface area contributed by atoms with Crippen LogP contribution in [0, 0.1) is 5.82 Å². The molecule has 2 heterocycles. The van der Waals surface area contributed by atoms with Gasteiger partial charge in [0.1, 0.15) is 17.2 Å². The van der Waals surface area contributed by atoms with Crippen LogP contribution in [-0.2, 0) is 27.7 Å². The van der Waals surface area contributed by atoms with E-state index >= 15 is 4.39 Å². The highest BCUT2D eigenvalue weighted by Crippen LogP contribution is 2.33. The molecule has 0 unspecified atom stereocenters. The number of carbonyl (C=O) groups is 1. The van der Waals surface area contributed by atoms with Crippen LogP contribution in [0.1, 0.15) is 29.6 Å². The maximum Gasteiger partial charge on any atom is 0.242 e. The fraction of sp³-hybridized carbons (Fsp3) is 0.304. The average Bonchev–Trinajstić information content (AvgIpc) is 3.18. The van der Waals surface area contributed by atoms with Gasteiger partial charge in [0, 0.05) is 19.7 Å². The van der Waals surface area contributed by atoms with Crippen molar-refractivity contribution in [1.29, 1.82) is 0 Å². The molecule has 1 saturated carbocycles. The number of halogens is 1. The molecular formula is C23H23FN6O4S2. The topological polar surface area (TPSA) is 144 Å². The van der Waals surface area contributed by atoms with Crippen LogP contribution >= 0.6 is 11.3 Å². The highest BCUT2D eigenvalue weighted by atomic mass is 32.2. The first-order chi connectivity index (χ1) is 17.0. The van der Waals surface area contributed by atoms with E-state index in [0.29, 0.717) is 26.4 Å². The van der Waals surface area contributed by atoms with Crippen molar-refractivity contribution in [2.45, 2.75) is 36.2 Å². The molecule has 3 N–H and O–H groups in total. The number of hydrogen-bond donors (Lipinski definition) is 2. The molecule has 1 aliphatic carbocycles. The Morgan fingerprint density at radius 1 is 1.17 bits per heavy atom. The standard InChI is InChI=1S/C23H23FN6O4S2/c1-30(2)36(32,33)14-5-3-13(4-6-14)15-7-8-16-22(21(15)24)35-20(26-16)12-19-29-28-18(34-19)11-17(31)27-23(25)9-10-23/h3-8H,9-12,25H2,1-2H3,(H,27,31). The van der Waals surface area contributed by atoms with Crippen LogP contribution in [0.25, 0.3) is 21.3 Å². The lowest BCUT2D eigenvalue weighted by Crippen LogP contribution is -2.44. The van der Waals surface area contributed by atoms with Gasteiger partial charge in [0.2, 0.25) is 27.7 Å². The number of thiazole rings is 1. The Morgan fingerprint density at radius 3 is 2.53 bits per heavy atom. The largest absolute Gasteiger partial charge is 0.424 e. The molecule has 0 saturated heterocycles. The first-order valence-electron chi connectivity index (χ1n) is 11.1. The summed E-state index contributed by atoms with van der Waals surface area (Å²) >= 11 is 1.17. The van der Waals surface area contributed by atoms with Crippen LogP contribution in [0.3, 0.4) is 0 Å². The third-order valence-electron chi connectivity index (χ3n) is 5.79. The number of rotatable bonds is 8. The molecule has 4 aromatic rings. The zero-order chi connectivity index (χ0) is 25.7. The SMILES string of the molecule is CN(C)S(=O)(=O)c1ccc(-c2ccc3nc(Cc4nnc(CC(=O)NC5(N)CC5)o4)sc3c2F)cc1. The Balaban J connectivity index is 1.33. The summed E-state index contributed by atoms with van der Waals surface area (Å²) in [5, 5.41) is 11.2. The van der Waals surface area contributed by atoms with Crippen LogP contribution in [0.4, 0.5) is 4.39 Å². The fourth-order valence-electron chi connectivity index (χ4n) is 3.60. The first kappa shape index (κ1) is 24.4. The molecule has 1 fully saturated rings. The highest BCUT2D eigenvalue weighted by Gasteiger charge is 2.39. The van der Waals surface area contributed by atoms with Gasteiger partial charge >= 0.3 is 0 Å². The Labute approximate surface area is 210 Å². The second-order valence-electron chi connectivity index (χ2n) is 8.84. The van der Waals surface area contributed by atoms with Crippen molar-refractivity contribution < 1.29 is 22.0 Å². The summed E-state index contributed by atoms with van der Waals surface area (Å²) in [6.07, 6.45) is 1.61. The second-order valence-corrected chi connectivity index (χ2v) is 12.1. The molecule has 0 spiro atoms. The molecule has 2 aromatic heterocycles. The maximum atomic E-state index is 15.4. The first-order valence-corrected chi connectivity index (χ1v) is 13.3. The van der Waals surface area contributed by atoms with E-state index in [4.69, 9.17) is 10.2 Å². The Bertz CT molecular complexity index is 1560. The molecular weight excluding hydrogens is 507 g/mol. The summed E-state index contributed by atoms with van der Waals surface area (Å²) in [6.45, 7) is 0. The molecule has 36 heavy (non-hydrogen) atoms. The lowest BCUT2D eigenvalue weighted by atomic mass is 10.1. The number of carbonyl (C=O) groups excluding carboxylic acids is 1. The number of benzene rings is 2. The van der Waals surface area contributed by atoms with Gasteiger partial charge in [-0.05, 0) is 42.7 Å². The average molecular weight is 531 g/mol. The van der Waals surface area contributed by atoms with Gasteiger partial charge in [-0.15, -0.1) is 21.5 Å². The Morgan fingerprint density at radius 2 is 1.86 bits per heavy atom. The minimum Gasteiger partial charge on any atom is -0.424 e. The molecule has 10 nitrogen and oxygen atoms in total. The van der Waals surface area contributed by atoms with Gasteiger partial charge < -0.3 is 15.5 Å². The lowest BCUT2D eigenvalue weighted by molar-refractivity contribution is -0.121. The number of amides is 1. The summed E-state index contributed by atoms with van der Waals surface area (Å²) < 4.78 is 47.0. The molecule has 0 radical (unpaired) electrons. The molecule has 13 heteroatoms. The summed E-state index contributed by atoms with van der Waals surface area (Å²) in [5.41, 5.74) is 6.64. The molecule has 1 aliphatic rings. The predicted molar refractivity (Wildman–Crippen MR) is 131 cm³/mol. The molecule has 2 aromatic carbocycles.